The Bertz CT molecular complexity index is 252. The van der Waals surface area contributed by atoms with Gasteiger partial charge in [0.25, 0.3) is 0 Å². The number of ketones is 1. The Labute approximate surface area is 95.6 Å². The number of hydrogen-bond acceptors (Lipinski definition) is 4. The number of carboxylic acid groups (broad SMARTS) is 1. The van der Waals surface area contributed by atoms with Crippen molar-refractivity contribution in [2.24, 2.45) is 11.7 Å². The van der Waals surface area contributed by atoms with Crippen LogP contribution in [0.15, 0.2) is 0 Å². The van der Waals surface area contributed by atoms with Gasteiger partial charge < -0.3 is 15.9 Å². The third kappa shape index (κ3) is 4.28. The number of carbonyl (C=O) groups excluding carboxylic acids is 1. The molecule has 0 aromatic carbocycles. The number of carbonyl (C=O) groups is 2. The lowest BCUT2D eigenvalue weighted by Crippen LogP contribution is -2.57. The Balaban J connectivity index is 4.09. The van der Waals surface area contributed by atoms with Crippen LogP contribution in [0.5, 0.6) is 0 Å². The molecule has 0 aliphatic rings. The molecular weight excluding hydrogens is 210 g/mol. The van der Waals surface area contributed by atoms with Gasteiger partial charge in [0.15, 0.2) is 11.3 Å². The fourth-order valence-corrected chi connectivity index (χ4v) is 1.34. The third-order valence-electron chi connectivity index (χ3n) is 2.56. The van der Waals surface area contributed by atoms with E-state index in [2.05, 4.69) is 13.8 Å². The van der Waals surface area contributed by atoms with Crippen molar-refractivity contribution in [1.29, 1.82) is 0 Å². The standard InChI is InChI=1S/C11H21NO4/c1-8(2)5-3-4-6-9(14)11(12,7-13)10(15)16/h8,13H,3-7,12H2,1-2H3,(H,15,16)/t11-/m0/s1. The first-order chi connectivity index (χ1) is 7.34. The fourth-order valence-electron chi connectivity index (χ4n) is 1.34. The maximum Gasteiger partial charge on any atom is 0.333 e. The molecule has 4 N–H and O–H groups in total. The van der Waals surface area contributed by atoms with Crippen molar-refractivity contribution in [3.05, 3.63) is 0 Å². The van der Waals surface area contributed by atoms with E-state index in [1.165, 1.54) is 0 Å². The first kappa shape index (κ1) is 15.1. The van der Waals surface area contributed by atoms with Crippen LogP contribution in [-0.4, -0.2) is 34.1 Å². The van der Waals surface area contributed by atoms with Crippen LogP contribution < -0.4 is 5.73 Å². The topological polar surface area (TPSA) is 101 Å². The first-order valence-electron chi connectivity index (χ1n) is 5.51. The maximum absolute atomic E-state index is 11.5. The Morgan fingerprint density at radius 3 is 2.25 bits per heavy atom. The van der Waals surface area contributed by atoms with Gasteiger partial charge in [0.05, 0.1) is 6.61 Å². The zero-order valence-corrected chi connectivity index (χ0v) is 9.90. The van der Waals surface area contributed by atoms with Crippen LogP contribution in [0.25, 0.3) is 0 Å². The minimum Gasteiger partial charge on any atom is -0.479 e. The van der Waals surface area contributed by atoms with Crippen LogP contribution in [0.1, 0.15) is 39.5 Å². The Morgan fingerprint density at radius 2 is 1.88 bits per heavy atom. The van der Waals surface area contributed by atoms with Gasteiger partial charge in [0.1, 0.15) is 0 Å². The van der Waals surface area contributed by atoms with Crippen LogP contribution >= 0.6 is 0 Å². The molecule has 0 saturated carbocycles. The summed E-state index contributed by atoms with van der Waals surface area (Å²) in [4.78, 5) is 22.2. The quantitative estimate of drug-likeness (QED) is 0.418. The zero-order valence-electron chi connectivity index (χ0n) is 9.90. The molecule has 0 bridgehead atoms. The van der Waals surface area contributed by atoms with Crippen molar-refractivity contribution in [2.45, 2.75) is 45.1 Å². The van der Waals surface area contributed by atoms with E-state index in [-0.39, 0.29) is 6.42 Å². The summed E-state index contributed by atoms with van der Waals surface area (Å²) in [5.74, 6) is -1.51. The maximum atomic E-state index is 11.5. The second-order valence-corrected chi connectivity index (χ2v) is 4.50. The molecule has 0 heterocycles. The molecule has 0 radical (unpaired) electrons. The number of aliphatic hydroxyl groups is 1. The number of rotatable bonds is 8. The first-order valence-corrected chi connectivity index (χ1v) is 5.51. The second kappa shape index (κ2) is 6.60. The number of carboxylic acids is 1. The highest BCUT2D eigenvalue weighted by atomic mass is 16.4. The van der Waals surface area contributed by atoms with Crippen LogP contribution in [0.3, 0.4) is 0 Å². The van der Waals surface area contributed by atoms with E-state index in [9.17, 15) is 9.59 Å². The van der Waals surface area contributed by atoms with Crippen molar-refractivity contribution >= 4 is 11.8 Å². The summed E-state index contributed by atoms with van der Waals surface area (Å²) in [5, 5.41) is 17.6. The van der Waals surface area contributed by atoms with Gasteiger partial charge >= 0.3 is 5.97 Å². The zero-order chi connectivity index (χ0) is 12.8. The van der Waals surface area contributed by atoms with Crippen LogP contribution in [0.2, 0.25) is 0 Å². The Hall–Kier alpha value is -0.940. The van der Waals surface area contributed by atoms with E-state index >= 15 is 0 Å². The summed E-state index contributed by atoms with van der Waals surface area (Å²) in [7, 11) is 0. The fraction of sp³-hybridized carbons (Fsp3) is 0.818. The molecule has 94 valence electrons. The van der Waals surface area contributed by atoms with Crippen molar-refractivity contribution in [3.63, 3.8) is 0 Å². The molecule has 0 rings (SSSR count). The van der Waals surface area contributed by atoms with E-state index in [1.807, 2.05) is 0 Å². The van der Waals surface area contributed by atoms with Crippen LogP contribution in [-0.2, 0) is 9.59 Å². The van der Waals surface area contributed by atoms with Gasteiger partial charge in [-0.1, -0.05) is 26.7 Å². The molecule has 0 aromatic heterocycles. The smallest absolute Gasteiger partial charge is 0.333 e. The van der Waals surface area contributed by atoms with Crippen molar-refractivity contribution < 1.29 is 19.8 Å². The normalized spacial score (nSPS) is 14.8. The van der Waals surface area contributed by atoms with E-state index in [0.29, 0.717) is 12.3 Å². The summed E-state index contributed by atoms with van der Waals surface area (Å²) in [5.41, 5.74) is 3.20. The number of aliphatic carboxylic acids is 1. The van der Waals surface area contributed by atoms with Gasteiger partial charge in [-0.2, -0.15) is 0 Å². The summed E-state index contributed by atoms with van der Waals surface area (Å²) in [6, 6.07) is 0. The summed E-state index contributed by atoms with van der Waals surface area (Å²) in [6.07, 6.45) is 2.58. The number of nitrogens with two attached hydrogens (primary N) is 1. The lowest BCUT2D eigenvalue weighted by molar-refractivity contribution is -0.150. The number of aliphatic hydroxyl groups excluding tert-OH is 1. The molecule has 0 aromatic rings. The molecular formula is C11H21NO4. The molecule has 0 fully saturated rings. The average molecular weight is 231 g/mol. The summed E-state index contributed by atoms with van der Waals surface area (Å²) in [6.45, 7) is 3.31. The minimum atomic E-state index is -2.13. The van der Waals surface area contributed by atoms with Crippen molar-refractivity contribution in [1.82, 2.24) is 0 Å². The largest absolute Gasteiger partial charge is 0.479 e. The summed E-state index contributed by atoms with van der Waals surface area (Å²) < 4.78 is 0. The van der Waals surface area contributed by atoms with E-state index in [0.717, 1.165) is 12.8 Å². The molecule has 0 saturated heterocycles. The number of hydrogen-bond donors (Lipinski definition) is 3. The highest BCUT2D eigenvalue weighted by molar-refractivity contribution is 6.07. The highest BCUT2D eigenvalue weighted by Crippen LogP contribution is 2.12. The molecule has 1 atom stereocenters. The van der Waals surface area contributed by atoms with Gasteiger partial charge in [-0.05, 0) is 12.3 Å². The lowest BCUT2D eigenvalue weighted by atomic mass is 9.92. The molecule has 0 aliphatic heterocycles. The number of Topliss-reactive ketones (excluding diaryl/α,β-unsaturated/α-hetero) is 1. The predicted molar refractivity (Wildman–Crippen MR) is 60.0 cm³/mol. The SMILES string of the molecule is CC(C)CCCCC(=O)[C@@](N)(CO)C(=O)O. The Kier molecular flexibility index (Phi) is 6.21. The average Bonchev–Trinajstić information content (AvgIpc) is 2.22. The second-order valence-electron chi connectivity index (χ2n) is 4.50. The summed E-state index contributed by atoms with van der Waals surface area (Å²) >= 11 is 0. The lowest BCUT2D eigenvalue weighted by Gasteiger charge is -2.20. The van der Waals surface area contributed by atoms with Crippen molar-refractivity contribution in [3.8, 4) is 0 Å². The van der Waals surface area contributed by atoms with E-state index < -0.39 is 23.9 Å². The molecule has 5 nitrogen and oxygen atoms in total. The van der Waals surface area contributed by atoms with E-state index in [4.69, 9.17) is 15.9 Å². The predicted octanol–water partition coefficient (Wildman–Crippen LogP) is 0.546. The molecule has 0 unspecified atom stereocenters. The monoisotopic (exact) mass is 231 g/mol. The molecule has 0 spiro atoms. The van der Waals surface area contributed by atoms with Crippen LogP contribution in [0, 0.1) is 5.92 Å². The van der Waals surface area contributed by atoms with Gasteiger partial charge in [-0.3, -0.25) is 4.79 Å². The molecule has 0 aliphatic carbocycles. The Morgan fingerprint density at radius 1 is 1.31 bits per heavy atom. The van der Waals surface area contributed by atoms with Gasteiger partial charge in [-0.15, -0.1) is 0 Å². The highest BCUT2D eigenvalue weighted by Gasteiger charge is 2.40. The van der Waals surface area contributed by atoms with E-state index in [1.54, 1.807) is 0 Å². The molecule has 5 heteroatoms. The third-order valence-corrected chi connectivity index (χ3v) is 2.56. The van der Waals surface area contributed by atoms with Crippen LogP contribution in [0.4, 0.5) is 0 Å². The number of unbranched alkanes of at least 4 members (excludes halogenated alkanes) is 1. The molecule has 0 amide bonds. The van der Waals surface area contributed by atoms with Gasteiger partial charge in [0, 0.05) is 6.42 Å². The minimum absolute atomic E-state index is 0.107. The van der Waals surface area contributed by atoms with Crippen molar-refractivity contribution in [2.75, 3.05) is 6.61 Å². The van der Waals surface area contributed by atoms with Gasteiger partial charge in [0.2, 0.25) is 0 Å². The van der Waals surface area contributed by atoms with Gasteiger partial charge in [-0.25, -0.2) is 4.79 Å². The molecule has 16 heavy (non-hydrogen) atoms.